The van der Waals surface area contributed by atoms with Crippen LogP contribution in [0.2, 0.25) is 0 Å². The number of rotatable bonds is 36. The summed E-state index contributed by atoms with van der Waals surface area (Å²) in [5.74, 6) is -1.53. The van der Waals surface area contributed by atoms with Gasteiger partial charge in [0.15, 0.2) is 0 Å². The first-order valence-corrected chi connectivity index (χ1v) is 18.5. The van der Waals surface area contributed by atoms with Crippen LogP contribution in [0.15, 0.2) is 0 Å². The molecule has 4 amide bonds. The van der Waals surface area contributed by atoms with Crippen molar-refractivity contribution in [1.29, 1.82) is 0 Å². The van der Waals surface area contributed by atoms with E-state index in [0.717, 1.165) is 0 Å². The van der Waals surface area contributed by atoms with Crippen molar-refractivity contribution in [1.82, 2.24) is 21.3 Å². The Hall–Kier alpha value is -2.48. The van der Waals surface area contributed by atoms with Crippen LogP contribution in [-0.4, -0.2) is 161 Å². The summed E-state index contributed by atoms with van der Waals surface area (Å²) >= 11 is 0. The van der Waals surface area contributed by atoms with Gasteiger partial charge in [-0.05, 0) is 46.0 Å². The first-order valence-electron chi connectivity index (χ1n) is 18.5. The topological polar surface area (TPSA) is 216 Å². The van der Waals surface area contributed by atoms with Crippen molar-refractivity contribution in [3.63, 3.8) is 0 Å². The lowest BCUT2D eigenvalue weighted by molar-refractivity contribution is -0.133. The van der Waals surface area contributed by atoms with E-state index in [1.807, 2.05) is 13.8 Å². The van der Waals surface area contributed by atoms with Crippen LogP contribution in [0.4, 0.5) is 0 Å². The fourth-order valence-electron chi connectivity index (χ4n) is 4.24. The number of unbranched alkanes of at least 4 members (excludes halogenated alkanes) is 1. The van der Waals surface area contributed by atoms with Gasteiger partial charge in [-0.25, -0.2) is 0 Å². The standard InChI is InChI=1S/C35H69N5O12/c1-27(2)32(35(44)39-29(5)33(42)38-28(3)4)40-34(43)30(36)9-7-8-11-37-31(41)10-12-46-15-16-48-19-20-50-23-24-52-26-25-51-22-21-49-18-17-47-14-13-45-6/h27-30,32H,7-26,36H2,1-6H3,(H,37,41)(H,38,42)(H,39,44)(H,40,43)/t29-,30-,32-/m0/s1. The quantitative estimate of drug-likeness (QED) is 0.0531. The maximum atomic E-state index is 12.8. The number of carbonyl (C=O) groups is 4. The van der Waals surface area contributed by atoms with Crippen LogP contribution in [-0.2, 0) is 57.1 Å². The Bertz CT molecular complexity index is 916. The van der Waals surface area contributed by atoms with Crippen molar-refractivity contribution < 1.29 is 57.1 Å². The van der Waals surface area contributed by atoms with Gasteiger partial charge >= 0.3 is 0 Å². The molecular weight excluding hydrogens is 682 g/mol. The fourth-order valence-corrected chi connectivity index (χ4v) is 4.24. The van der Waals surface area contributed by atoms with E-state index in [4.69, 9.17) is 43.6 Å². The van der Waals surface area contributed by atoms with Gasteiger partial charge in [0.25, 0.3) is 0 Å². The number of nitrogens with one attached hydrogen (secondary N) is 4. The minimum Gasteiger partial charge on any atom is -0.382 e. The molecule has 52 heavy (non-hydrogen) atoms. The van der Waals surface area contributed by atoms with Gasteiger partial charge in [0.05, 0.1) is 105 Å². The predicted octanol–water partition coefficient (Wildman–Crippen LogP) is -0.0770. The Morgan fingerprint density at radius 2 is 0.981 bits per heavy atom. The minimum absolute atomic E-state index is 0.0574. The van der Waals surface area contributed by atoms with E-state index in [-0.39, 0.29) is 36.8 Å². The second-order valence-corrected chi connectivity index (χ2v) is 12.6. The molecule has 17 nitrogen and oxygen atoms in total. The molecule has 0 saturated heterocycles. The van der Waals surface area contributed by atoms with E-state index < -0.39 is 29.9 Å². The molecule has 0 aromatic carbocycles. The van der Waals surface area contributed by atoms with Gasteiger partial charge in [-0.15, -0.1) is 0 Å². The van der Waals surface area contributed by atoms with Crippen molar-refractivity contribution in [3.05, 3.63) is 0 Å². The third-order valence-corrected chi connectivity index (χ3v) is 7.17. The van der Waals surface area contributed by atoms with E-state index in [9.17, 15) is 19.2 Å². The molecule has 0 aliphatic rings. The maximum absolute atomic E-state index is 12.8. The highest BCUT2D eigenvalue weighted by atomic mass is 16.6. The van der Waals surface area contributed by atoms with E-state index in [0.29, 0.717) is 118 Å². The second-order valence-electron chi connectivity index (χ2n) is 12.6. The summed E-state index contributed by atoms with van der Waals surface area (Å²) in [6.07, 6.45) is 1.88. The molecule has 0 rings (SSSR count). The van der Waals surface area contributed by atoms with Crippen molar-refractivity contribution in [3.8, 4) is 0 Å². The van der Waals surface area contributed by atoms with Crippen molar-refractivity contribution >= 4 is 23.6 Å². The number of ether oxygens (including phenoxy) is 8. The molecule has 0 aromatic heterocycles. The van der Waals surface area contributed by atoms with E-state index >= 15 is 0 Å². The molecular formula is C35H69N5O12. The van der Waals surface area contributed by atoms with Gasteiger partial charge in [0, 0.05) is 26.1 Å². The molecule has 0 aliphatic carbocycles. The smallest absolute Gasteiger partial charge is 0.243 e. The third-order valence-electron chi connectivity index (χ3n) is 7.17. The zero-order valence-electron chi connectivity index (χ0n) is 32.5. The van der Waals surface area contributed by atoms with Crippen LogP contribution in [0.1, 0.15) is 60.3 Å². The van der Waals surface area contributed by atoms with Crippen LogP contribution in [0.3, 0.4) is 0 Å². The van der Waals surface area contributed by atoms with Crippen LogP contribution in [0, 0.1) is 5.92 Å². The summed E-state index contributed by atoms with van der Waals surface area (Å²) in [6, 6.07) is -2.44. The normalized spacial score (nSPS) is 13.2. The Kier molecular flexibility index (Phi) is 32.7. The number of hydrogen-bond donors (Lipinski definition) is 5. The summed E-state index contributed by atoms with van der Waals surface area (Å²) in [7, 11) is 1.63. The molecule has 0 spiro atoms. The molecule has 17 heteroatoms. The first-order chi connectivity index (χ1) is 25.0. The second kappa shape index (κ2) is 34.3. The van der Waals surface area contributed by atoms with Gasteiger partial charge in [-0.2, -0.15) is 0 Å². The lowest BCUT2D eigenvalue weighted by Crippen LogP contribution is -2.57. The largest absolute Gasteiger partial charge is 0.382 e. The number of carbonyl (C=O) groups excluding carboxylic acids is 4. The molecule has 0 aliphatic heterocycles. The van der Waals surface area contributed by atoms with Crippen molar-refractivity contribution in [2.75, 3.05) is 113 Å². The van der Waals surface area contributed by atoms with Gasteiger partial charge in [-0.1, -0.05) is 13.8 Å². The molecule has 0 aromatic rings. The van der Waals surface area contributed by atoms with Gasteiger partial charge < -0.3 is 64.9 Å². The number of nitrogens with two attached hydrogens (primary N) is 1. The highest BCUT2D eigenvalue weighted by molar-refractivity contribution is 5.93. The average Bonchev–Trinajstić information content (AvgIpc) is 3.09. The zero-order valence-corrected chi connectivity index (χ0v) is 32.5. The van der Waals surface area contributed by atoms with Crippen LogP contribution >= 0.6 is 0 Å². The summed E-state index contributed by atoms with van der Waals surface area (Å²) in [5, 5.41) is 10.9. The highest BCUT2D eigenvalue weighted by Gasteiger charge is 2.28. The molecule has 306 valence electrons. The van der Waals surface area contributed by atoms with Crippen LogP contribution in [0.5, 0.6) is 0 Å². The van der Waals surface area contributed by atoms with Crippen molar-refractivity contribution in [2.24, 2.45) is 11.7 Å². The molecule has 0 bridgehead atoms. The van der Waals surface area contributed by atoms with Gasteiger partial charge in [0.1, 0.15) is 12.1 Å². The summed E-state index contributed by atoms with van der Waals surface area (Å²) < 4.78 is 42.8. The van der Waals surface area contributed by atoms with Crippen LogP contribution < -0.4 is 27.0 Å². The molecule has 0 fully saturated rings. The molecule has 0 heterocycles. The lowest BCUT2D eigenvalue weighted by atomic mass is 10.0. The molecule has 3 atom stereocenters. The first kappa shape index (κ1) is 49.5. The van der Waals surface area contributed by atoms with Crippen molar-refractivity contribution in [2.45, 2.75) is 84.5 Å². The van der Waals surface area contributed by atoms with E-state index in [2.05, 4.69) is 21.3 Å². The van der Waals surface area contributed by atoms with E-state index in [1.54, 1.807) is 27.9 Å². The van der Waals surface area contributed by atoms with Crippen LogP contribution in [0.25, 0.3) is 0 Å². The maximum Gasteiger partial charge on any atom is 0.243 e. The average molecular weight is 752 g/mol. The Morgan fingerprint density at radius 3 is 1.40 bits per heavy atom. The predicted molar refractivity (Wildman–Crippen MR) is 195 cm³/mol. The van der Waals surface area contributed by atoms with Gasteiger partial charge in [-0.3, -0.25) is 19.2 Å². The van der Waals surface area contributed by atoms with E-state index in [1.165, 1.54) is 0 Å². The Morgan fingerprint density at radius 1 is 0.538 bits per heavy atom. The Labute approximate surface area is 310 Å². The number of amides is 4. The molecule has 0 radical (unpaired) electrons. The Balaban J connectivity index is 3.68. The third kappa shape index (κ3) is 30.0. The van der Waals surface area contributed by atoms with Gasteiger partial charge in [0.2, 0.25) is 23.6 Å². The fraction of sp³-hybridized carbons (Fsp3) is 0.886. The summed E-state index contributed by atoms with van der Waals surface area (Å²) in [5.41, 5.74) is 6.06. The number of hydrogen-bond acceptors (Lipinski definition) is 13. The monoisotopic (exact) mass is 751 g/mol. The molecule has 0 saturated carbocycles. The highest BCUT2D eigenvalue weighted by Crippen LogP contribution is 2.05. The summed E-state index contributed by atoms with van der Waals surface area (Å²) in [6.45, 7) is 16.3. The minimum atomic E-state index is -0.830. The lowest BCUT2D eigenvalue weighted by Gasteiger charge is -2.25. The SMILES string of the molecule is COCCOCCOCCOCCOCCOCCOCCOCCC(=O)NCCCC[C@H](N)C(=O)N[C@H](C(=O)N[C@@H](C)C(=O)NC(C)C)C(C)C. The zero-order chi connectivity index (χ0) is 38.8. The number of methoxy groups -OCH3 is 1. The summed E-state index contributed by atoms with van der Waals surface area (Å²) in [4.78, 5) is 49.6. The molecule has 6 N–H and O–H groups in total. The molecule has 0 unspecified atom stereocenters.